The molecule has 0 heterocycles. The van der Waals surface area contributed by atoms with Crippen LogP contribution >= 0.6 is 19.2 Å². The Labute approximate surface area is 121 Å². The quantitative estimate of drug-likeness (QED) is 0.761. The molecule has 20 heavy (non-hydrogen) atoms. The zero-order chi connectivity index (χ0) is 15.4. The Morgan fingerprint density at radius 1 is 1.25 bits per heavy atom. The molecule has 0 aliphatic carbocycles. The van der Waals surface area contributed by atoms with Gasteiger partial charge in [-0.15, -0.1) is 0 Å². The van der Waals surface area contributed by atoms with E-state index in [0.717, 1.165) is 0 Å². The lowest BCUT2D eigenvalue weighted by molar-refractivity contribution is -0.0676. The fraction of sp³-hybridized carbons (Fsp3) is 0.500. The number of alkyl halides is 2. The van der Waals surface area contributed by atoms with Gasteiger partial charge in [0.05, 0.1) is 13.2 Å². The van der Waals surface area contributed by atoms with Crippen LogP contribution in [0, 0.1) is 0 Å². The van der Waals surface area contributed by atoms with Crippen LogP contribution in [0.5, 0.6) is 0 Å². The van der Waals surface area contributed by atoms with Gasteiger partial charge in [0.15, 0.2) is 6.10 Å². The van der Waals surface area contributed by atoms with Gasteiger partial charge >= 0.3 is 13.3 Å². The average Bonchev–Trinajstić information content (AvgIpc) is 2.39. The lowest BCUT2D eigenvalue weighted by atomic mass is 10.1. The van der Waals surface area contributed by atoms with Gasteiger partial charge in [-0.05, 0) is 31.5 Å². The summed E-state index contributed by atoms with van der Waals surface area (Å²) in [7, 11) is -4.77. The van der Waals surface area contributed by atoms with Crippen molar-refractivity contribution in [3.63, 3.8) is 0 Å². The van der Waals surface area contributed by atoms with Crippen molar-refractivity contribution in [3.8, 4) is 0 Å². The normalized spacial score (nSPS) is 14.3. The minimum atomic E-state index is -4.77. The maximum Gasteiger partial charge on any atom is 0.402 e. The molecule has 0 spiro atoms. The van der Waals surface area contributed by atoms with Crippen molar-refractivity contribution < 1.29 is 27.5 Å². The molecule has 0 aliphatic heterocycles. The summed E-state index contributed by atoms with van der Waals surface area (Å²) in [5.74, 6) is 0. The lowest BCUT2D eigenvalue weighted by Crippen LogP contribution is -2.28. The smallest absolute Gasteiger partial charge is 0.381 e. The third kappa shape index (κ3) is 3.57. The summed E-state index contributed by atoms with van der Waals surface area (Å²) in [5.41, 5.74) is -4.19. The molecule has 1 N–H and O–H groups in total. The minimum absolute atomic E-state index is 0.126. The minimum Gasteiger partial charge on any atom is -0.381 e. The highest BCUT2D eigenvalue weighted by atomic mass is 35.5. The Balaban J connectivity index is 3.11. The summed E-state index contributed by atoms with van der Waals surface area (Å²) in [6, 6.07) is 5.15. The first kappa shape index (κ1) is 17.5. The summed E-state index contributed by atoms with van der Waals surface area (Å²) in [6.45, 7) is 2.38. The third-order valence-corrected chi connectivity index (χ3v) is 4.90. The zero-order valence-corrected chi connectivity index (χ0v) is 12.7. The number of halogens is 3. The van der Waals surface area contributed by atoms with Gasteiger partial charge in [0.2, 0.25) is 0 Å². The van der Waals surface area contributed by atoms with Crippen LogP contribution in [-0.2, 0) is 13.6 Å². The maximum absolute atomic E-state index is 14.2. The molecule has 0 bridgehead atoms. The largest absolute Gasteiger partial charge is 0.402 e. The van der Waals surface area contributed by atoms with Crippen LogP contribution in [-0.4, -0.2) is 24.0 Å². The Morgan fingerprint density at radius 3 is 2.10 bits per heavy atom. The Hall–Kier alpha value is -0.520. The van der Waals surface area contributed by atoms with Gasteiger partial charge in [0, 0.05) is 5.02 Å². The molecular formula is C12H16ClF2O4P. The topological polar surface area (TPSA) is 55.8 Å². The summed E-state index contributed by atoms with van der Waals surface area (Å²) < 4.78 is 49.8. The van der Waals surface area contributed by atoms with Crippen LogP contribution in [0.3, 0.4) is 0 Å². The molecule has 0 fully saturated rings. The fourth-order valence-corrected chi connectivity index (χ4v) is 3.22. The van der Waals surface area contributed by atoms with Crippen LogP contribution in [0.2, 0.25) is 5.02 Å². The number of aliphatic hydroxyl groups is 1. The van der Waals surface area contributed by atoms with E-state index in [4.69, 9.17) is 11.6 Å². The van der Waals surface area contributed by atoms with Crippen LogP contribution in [0.4, 0.5) is 8.78 Å². The van der Waals surface area contributed by atoms with E-state index in [2.05, 4.69) is 9.05 Å². The molecule has 4 nitrogen and oxygen atoms in total. The van der Waals surface area contributed by atoms with E-state index in [-0.39, 0.29) is 18.8 Å². The summed E-state index contributed by atoms with van der Waals surface area (Å²) in [5, 5.41) is 10.1. The van der Waals surface area contributed by atoms with Crippen LogP contribution < -0.4 is 0 Å². The zero-order valence-electron chi connectivity index (χ0n) is 11.1. The van der Waals surface area contributed by atoms with Crippen molar-refractivity contribution in [2.24, 2.45) is 0 Å². The van der Waals surface area contributed by atoms with Gasteiger partial charge < -0.3 is 14.2 Å². The third-order valence-electron chi connectivity index (χ3n) is 2.48. The average molecular weight is 329 g/mol. The van der Waals surface area contributed by atoms with Gasteiger partial charge in [-0.25, -0.2) is 0 Å². The molecule has 1 aromatic carbocycles. The van der Waals surface area contributed by atoms with Crippen molar-refractivity contribution >= 4 is 19.2 Å². The first-order chi connectivity index (χ1) is 9.28. The Kier molecular flexibility index (Phi) is 6.10. The summed E-state index contributed by atoms with van der Waals surface area (Å²) >= 11 is 5.65. The molecule has 0 saturated carbocycles. The second-order valence-corrected chi connectivity index (χ2v) is 6.42. The first-order valence-electron chi connectivity index (χ1n) is 5.99. The molecule has 1 atom stereocenters. The molecule has 8 heteroatoms. The molecule has 0 aromatic heterocycles. The molecule has 1 rings (SSSR count). The Morgan fingerprint density at radius 2 is 1.70 bits per heavy atom. The molecule has 0 aliphatic rings. The molecule has 0 radical (unpaired) electrons. The monoisotopic (exact) mass is 328 g/mol. The van der Waals surface area contributed by atoms with E-state index in [1.807, 2.05) is 0 Å². The van der Waals surface area contributed by atoms with Crippen molar-refractivity contribution in [1.29, 1.82) is 0 Å². The number of hydrogen-bond acceptors (Lipinski definition) is 4. The van der Waals surface area contributed by atoms with Crippen molar-refractivity contribution in [2.45, 2.75) is 25.6 Å². The van der Waals surface area contributed by atoms with E-state index >= 15 is 0 Å². The van der Waals surface area contributed by atoms with Gasteiger partial charge in [-0.3, -0.25) is 4.57 Å². The predicted molar refractivity (Wildman–Crippen MR) is 72.2 cm³/mol. The Bertz CT molecular complexity index is 471. The van der Waals surface area contributed by atoms with Crippen LogP contribution in [0.15, 0.2) is 24.3 Å². The number of aliphatic hydroxyl groups excluding tert-OH is 1. The highest BCUT2D eigenvalue weighted by Crippen LogP contribution is 2.66. The SMILES string of the molecule is CCOP(=O)(OCC)C(F)(F)[C@H](O)c1ccc(Cl)cc1. The van der Waals surface area contributed by atoms with Crippen LogP contribution in [0.25, 0.3) is 0 Å². The molecule has 114 valence electrons. The number of rotatable bonds is 7. The predicted octanol–water partition coefficient (Wildman–Crippen LogP) is 4.23. The van der Waals surface area contributed by atoms with E-state index in [9.17, 15) is 18.5 Å². The molecule has 0 unspecified atom stereocenters. The highest BCUT2D eigenvalue weighted by molar-refractivity contribution is 7.55. The van der Waals surface area contributed by atoms with Gasteiger partial charge in [0.1, 0.15) is 0 Å². The molecule has 0 saturated heterocycles. The van der Waals surface area contributed by atoms with Crippen molar-refractivity contribution in [2.75, 3.05) is 13.2 Å². The van der Waals surface area contributed by atoms with Gasteiger partial charge in [0.25, 0.3) is 0 Å². The summed E-state index contributed by atoms with van der Waals surface area (Å²) in [6.07, 6.45) is -2.32. The van der Waals surface area contributed by atoms with Gasteiger partial charge in [-0.2, -0.15) is 8.78 Å². The maximum atomic E-state index is 14.2. The second-order valence-electron chi connectivity index (χ2n) is 3.87. The number of hydrogen-bond donors (Lipinski definition) is 1. The summed E-state index contributed by atoms with van der Waals surface area (Å²) in [4.78, 5) is 0. The molecular weight excluding hydrogens is 313 g/mol. The standard InChI is InChI=1S/C12H16ClF2O4P/c1-3-18-20(17,19-4-2)12(14,15)11(16)9-5-7-10(13)8-6-9/h5-8,11,16H,3-4H2,1-2H3/t11-/m1/s1. The van der Waals surface area contributed by atoms with Gasteiger partial charge in [-0.1, -0.05) is 23.7 Å². The van der Waals surface area contributed by atoms with E-state index in [0.29, 0.717) is 5.02 Å². The lowest BCUT2D eigenvalue weighted by Gasteiger charge is -2.29. The first-order valence-corrected chi connectivity index (χ1v) is 7.91. The second kappa shape index (κ2) is 6.96. The molecule has 1 aromatic rings. The van der Waals surface area contributed by atoms with E-state index in [1.165, 1.54) is 38.1 Å². The van der Waals surface area contributed by atoms with Crippen molar-refractivity contribution in [3.05, 3.63) is 34.9 Å². The van der Waals surface area contributed by atoms with Crippen LogP contribution in [0.1, 0.15) is 25.5 Å². The van der Waals surface area contributed by atoms with E-state index in [1.54, 1.807) is 0 Å². The van der Waals surface area contributed by atoms with E-state index < -0.39 is 19.4 Å². The fourth-order valence-electron chi connectivity index (χ4n) is 1.54. The van der Waals surface area contributed by atoms with Crippen molar-refractivity contribution in [1.82, 2.24) is 0 Å². The highest BCUT2D eigenvalue weighted by Gasteiger charge is 2.59. The number of benzene rings is 1. The molecule has 0 amide bonds.